The van der Waals surface area contributed by atoms with Crippen molar-refractivity contribution in [1.29, 1.82) is 0 Å². The highest BCUT2D eigenvalue weighted by atomic mass is 79.9. The molecule has 0 aliphatic heterocycles. The molecular formula is C13H17Br2NO4. The van der Waals surface area contributed by atoms with Gasteiger partial charge in [-0.05, 0) is 40.5 Å². The molecule has 1 atom stereocenters. The van der Waals surface area contributed by atoms with E-state index >= 15 is 0 Å². The summed E-state index contributed by atoms with van der Waals surface area (Å²) in [6.07, 6.45) is -0.122. The summed E-state index contributed by atoms with van der Waals surface area (Å²) >= 11 is 6.69. The van der Waals surface area contributed by atoms with Crippen LogP contribution in [0, 0.1) is 0 Å². The van der Waals surface area contributed by atoms with Gasteiger partial charge in [-0.25, -0.2) is 0 Å². The average Bonchev–Trinajstić information content (AvgIpc) is 2.38. The van der Waals surface area contributed by atoms with Crippen molar-refractivity contribution in [2.75, 3.05) is 26.9 Å². The lowest BCUT2D eigenvalue weighted by Crippen LogP contribution is -2.32. The van der Waals surface area contributed by atoms with Gasteiger partial charge in [0, 0.05) is 18.1 Å². The second-order valence-corrected chi connectivity index (χ2v) is 5.88. The Morgan fingerprint density at radius 1 is 1.45 bits per heavy atom. The Balaban J connectivity index is 2.26. The van der Waals surface area contributed by atoms with Gasteiger partial charge in [0.05, 0.1) is 17.2 Å². The number of ether oxygens (including phenoxy) is 2. The van der Waals surface area contributed by atoms with Gasteiger partial charge in [-0.1, -0.05) is 15.9 Å². The molecule has 2 N–H and O–H groups in total. The smallest absolute Gasteiger partial charge is 0.257 e. The van der Waals surface area contributed by atoms with Crippen LogP contribution in [0.15, 0.2) is 27.1 Å². The predicted molar refractivity (Wildman–Crippen MR) is 82.8 cm³/mol. The average molecular weight is 411 g/mol. The van der Waals surface area contributed by atoms with Gasteiger partial charge in [0.2, 0.25) is 0 Å². The highest BCUT2D eigenvalue weighted by molar-refractivity contribution is 9.11. The number of methoxy groups -OCH3 is 1. The zero-order valence-corrected chi connectivity index (χ0v) is 14.2. The fraction of sp³-hybridized carbons (Fsp3) is 0.462. The number of nitrogens with one attached hydrogen (secondary N) is 1. The first-order valence-electron chi connectivity index (χ1n) is 6.04. The minimum absolute atomic E-state index is 0.0688. The molecule has 0 aliphatic rings. The quantitative estimate of drug-likeness (QED) is 0.688. The molecule has 0 spiro atoms. The Morgan fingerprint density at radius 2 is 2.20 bits per heavy atom. The van der Waals surface area contributed by atoms with Gasteiger partial charge in [0.15, 0.2) is 6.61 Å². The molecule has 5 nitrogen and oxygen atoms in total. The zero-order chi connectivity index (χ0) is 15.0. The number of carbonyl (C=O) groups excluding carboxylic acids is 1. The maximum absolute atomic E-state index is 11.6. The Morgan fingerprint density at radius 3 is 2.85 bits per heavy atom. The first-order valence-corrected chi connectivity index (χ1v) is 7.63. The fourth-order valence-corrected chi connectivity index (χ4v) is 2.60. The number of hydrogen-bond acceptors (Lipinski definition) is 4. The van der Waals surface area contributed by atoms with Crippen molar-refractivity contribution in [1.82, 2.24) is 5.32 Å². The molecule has 0 aliphatic carbocycles. The number of benzene rings is 1. The molecule has 0 heterocycles. The molecule has 1 rings (SSSR count). The van der Waals surface area contributed by atoms with Crippen molar-refractivity contribution < 1.29 is 19.4 Å². The molecule has 0 saturated carbocycles. The van der Waals surface area contributed by atoms with E-state index in [1.165, 1.54) is 7.11 Å². The molecule has 20 heavy (non-hydrogen) atoms. The summed E-state index contributed by atoms with van der Waals surface area (Å²) in [5.41, 5.74) is 0. The minimum Gasteiger partial charge on any atom is -0.483 e. The van der Waals surface area contributed by atoms with E-state index in [1.54, 1.807) is 6.07 Å². The molecular weight excluding hydrogens is 394 g/mol. The molecule has 0 radical (unpaired) electrons. The third-order valence-corrected chi connectivity index (χ3v) is 3.52. The van der Waals surface area contributed by atoms with E-state index in [4.69, 9.17) is 9.47 Å². The monoisotopic (exact) mass is 409 g/mol. The second kappa shape index (κ2) is 9.33. The topological polar surface area (TPSA) is 67.8 Å². The van der Waals surface area contributed by atoms with Crippen molar-refractivity contribution in [3.63, 3.8) is 0 Å². The summed E-state index contributed by atoms with van der Waals surface area (Å²) in [7, 11) is 1.52. The first kappa shape index (κ1) is 17.4. The van der Waals surface area contributed by atoms with E-state index in [2.05, 4.69) is 37.2 Å². The van der Waals surface area contributed by atoms with Crippen LogP contribution in [0.3, 0.4) is 0 Å². The predicted octanol–water partition coefficient (Wildman–Crippen LogP) is 2.10. The van der Waals surface area contributed by atoms with Gasteiger partial charge in [-0.15, -0.1) is 0 Å². The van der Waals surface area contributed by atoms with Gasteiger partial charge < -0.3 is 19.9 Å². The third-order valence-electron chi connectivity index (χ3n) is 2.41. The maximum atomic E-state index is 11.6. The number of amides is 1. The number of carbonyl (C=O) groups is 1. The van der Waals surface area contributed by atoms with Gasteiger partial charge >= 0.3 is 0 Å². The number of rotatable bonds is 8. The highest BCUT2D eigenvalue weighted by Gasteiger charge is 2.07. The molecule has 1 unspecified atom stereocenters. The van der Waals surface area contributed by atoms with Crippen molar-refractivity contribution >= 4 is 37.8 Å². The maximum Gasteiger partial charge on any atom is 0.257 e. The zero-order valence-electron chi connectivity index (χ0n) is 11.1. The Kier molecular flexibility index (Phi) is 8.13. The summed E-state index contributed by atoms with van der Waals surface area (Å²) in [6.45, 7) is 0.576. The minimum atomic E-state index is -0.568. The largest absolute Gasteiger partial charge is 0.483 e. The lowest BCUT2D eigenvalue weighted by molar-refractivity contribution is -0.123. The van der Waals surface area contributed by atoms with Crippen LogP contribution in [-0.2, 0) is 9.53 Å². The van der Waals surface area contributed by atoms with Crippen LogP contribution in [0.25, 0.3) is 0 Å². The van der Waals surface area contributed by atoms with Crippen LogP contribution in [0.5, 0.6) is 5.75 Å². The molecule has 0 aromatic heterocycles. The lowest BCUT2D eigenvalue weighted by Gasteiger charge is -2.11. The summed E-state index contributed by atoms with van der Waals surface area (Å²) in [5.74, 6) is 0.368. The summed E-state index contributed by atoms with van der Waals surface area (Å²) in [5, 5.41) is 12.1. The van der Waals surface area contributed by atoms with Crippen LogP contribution in [0.2, 0.25) is 0 Å². The van der Waals surface area contributed by atoms with Crippen LogP contribution >= 0.6 is 31.9 Å². The van der Waals surface area contributed by atoms with Gasteiger partial charge in [-0.3, -0.25) is 4.79 Å². The third kappa shape index (κ3) is 6.69. The summed E-state index contributed by atoms with van der Waals surface area (Å²) < 4.78 is 11.9. The number of hydrogen-bond donors (Lipinski definition) is 2. The Hall–Kier alpha value is -0.630. The van der Waals surface area contributed by atoms with Crippen LogP contribution in [0.4, 0.5) is 0 Å². The van der Waals surface area contributed by atoms with Crippen LogP contribution in [0.1, 0.15) is 6.42 Å². The SMILES string of the molecule is COCC(O)CCNC(=O)COc1ccc(Br)cc1Br. The summed E-state index contributed by atoms with van der Waals surface area (Å²) in [6, 6.07) is 5.44. The van der Waals surface area contributed by atoms with E-state index in [0.29, 0.717) is 18.7 Å². The number of aliphatic hydroxyl groups excluding tert-OH is 1. The van der Waals surface area contributed by atoms with Crippen molar-refractivity contribution in [3.8, 4) is 5.75 Å². The molecule has 112 valence electrons. The number of halogens is 2. The van der Waals surface area contributed by atoms with Crippen LogP contribution in [-0.4, -0.2) is 44.0 Å². The number of aliphatic hydroxyl groups is 1. The molecule has 1 aromatic carbocycles. The Bertz CT molecular complexity index is 442. The van der Waals surface area contributed by atoms with Crippen LogP contribution < -0.4 is 10.1 Å². The van der Waals surface area contributed by atoms with Gasteiger partial charge in [-0.2, -0.15) is 0 Å². The molecule has 1 aromatic rings. The van der Waals surface area contributed by atoms with E-state index < -0.39 is 6.10 Å². The molecule has 0 fully saturated rings. The summed E-state index contributed by atoms with van der Waals surface area (Å²) in [4.78, 5) is 11.6. The van der Waals surface area contributed by atoms with Crippen molar-refractivity contribution in [3.05, 3.63) is 27.1 Å². The molecule has 0 bridgehead atoms. The van der Waals surface area contributed by atoms with E-state index in [9.17, 15) is 9.90 Å². The van der Waals surface area contributed by atoms with Crippen molar-refractivity contribution in [2.24, 2.45) is 0 Å². The van der Waals surface area contributed by atoms with E-state index in [0.717, 1.165) is 8.95 Å². The Labute approximate surface area is 134 Å². The lowest BCUT2D eigenvalue weighted by atomic mass is 10.2. The standard InChI is InChI=1S/C13H17Br2NO4/c1-19-7-10(17)4-5-16-13(18)8-20-12-3-2-9(14)6-11(12)15/h2-3,6,10,17H,4-5,7-8H2,1H3,(H,16,18). The normalized spacial score (nSPS) is 12.0. The van der Waals surface area contributed by atoms with Crippen molar-refractivity contribution in [2.45, 2.75) is 12.5 Å². The van der Waals surface area contributed by atoms with Gasteiger partial charge in [0.1, 0.15) is 5.75 Å². The van der Waals surface area contributed by atoms with E-state index in [1.807, 2.05) is 12.1 Å². The fourth-order valence-electron chi connectivity index (χ4n) is 1.44. The highest BCUT2D eigenvalue weighted by Crippen LogP contribution is 2.27. The second-order valence-electron chi connectivity index (χ2n) is 4.11. The molecule has 1 amide bonds. The first-order chi connectivity index (χ1) is 9.52. The molecule has 0 saturated heterocycles. The molecule has 7 heteroatoms. The van der Waals surface area contributed by atoms with Gasteiger partial charge in [0.25, 0.3) is 5.91 Å². The van der Waals surface area contributed by atoms with E-state index in [-0.39, 0.29) is 19.1 Å².